The molecule has 1 saturated carbocycles. The Kier molecular flexibility index (Phi) is 1.46. The maximum absolute atomic E-state index is 5.72. The van der Waals surface area contributed by atoms with Gasteiger partial charge in [0.2, 0.25) is 0 Å². The first-order valence-electron chi connectivity index (χ1n) is 4.32. The first-order valence-corrected chi connectivity index (χ1v) is 4.32. The zero-order chi connectivity index (χ0) is 7.03. The van der Waals surface area contributed by atoms with E-state index >= 15 is 0 Å². The molecule has 58 valence electrons. The molecule has 2 atom stereocenters. The normalized spacial score (nSPS) is 45.9. The van der Waals surface area contributed by atoms with Crippen molar-refractivity contribution >= 4 is 0 Å². The van der Waals surface area contributed by atoms with E-state index in [1.807, 2.05) is 0 Å². The highest BCUT2D eigenvalue weighted by atomic mass is 15.0. The molecular formula is C8H16N2. The molecule has 0 aromatic heterocycles. The van der Waals surface area contributed by atoms with Gasteiger partial charge in [0.25, 0.3) is 0 Å². The Morgan fingerprint density at radius 1 is 1.50 bits per heavy atom. The van der Waals surface area contributed by atoms with E-state index in [0.29, 0.717) is 5.54 Å². The van der Waals surface area contributed by atoms with Crippen LogP contribution in [0.5, 0.6) is 0 Å². The Morgan fingerprint density at radius 2 is 2.40 bits per heavy atom. The third-order valence-electron chi connectivity index (χ3n) is 3.29. The molecule has 0 bridgehead atoms. The topological polar surface area (TPSA) is 38.0 Å². The van der Waals surface area contributed by atoms with Crippen LogP contribution >= 0.6 is 0 Å². The van der Waals surface area contributed by atoms with Crippen LogP contribution in [0.3, 0.4) is 0 Å². The van der Waals surface area contributed by atoms with E-state index in [9.17, 15) is 0 Å². The SMILES string of the molecule is NC[C@]12CC[C@H]1CCCN2. The van der Waals surface area contributed by atoms with Crippen LogP contribution in [0.25, 0.3) is 0 Å². The first kappa shape index (κ1) is 6.62. The van der Waals surface area contributed by atoms with Crippen molar-refractivity contribution in [3.8, 4) is 0 Å². The van der Waals surface area contributed by atoms with Gasteiger partial charge in [-0.25, -0.2) is 0 Å². The summed E-state index contributed by atoms with van der Waals surface area (Å²) in [6.45, 7) is 2.03. The van der Waals surface area contributed by atoms with Crippen molar-refractivity contribution in [3.05, 3.63) is 0 Å². The molecule has 0 radical (unpaired) electrons. The molecule has 0 spiro atoms. The summed E-state index contributed by atoms with van der Waals surface area (Å²) in [5.41, 5.74) is 6.10. The Bertz CT molecular complexity index is 131. The number of piperidine rings is 1. The lowest BCUT2D eigenvalue weighted by Gasteiger charge is -2.53. The Morgan fingerprint density at radius 3 is 2.80 bits per heavy atom. The quantitative estimate of drug-likeness (QED) is 0.556. The maximum atomic E-state index is 5.72. The molecule has 2 nitrogen and oxygen atoms in total. The van der Waals surface area contributed by atoms with Gasteiger partial charge < -0.3 is 11.1 Å². The molecule has 1 aliphatic heterocycles. The van der Waals surface area contributed by atoms with E-state index in [1.54, 1.807) is 0 Å². The molecule has 10 heavy (non-hydrogen) atoms. The molecule has 2 rings (SSSR count). The van der Waals surface area contributed by atoms with Crippen LogP contribution in [0.15, 0.2) is 0 Å². The van der Waals surface area contributed by atoms with Gasteiger partial charge in [-0.3, -0.25) is 0 Å². The average Bonchev–Trinajstić information content (AvgIpc) is 1.93. The van der Waals surface area contributed by atoms with Crippen molar-refractivity contribution in [2.24, 2.45) is 11.7 Å². The Hall–Kier alpha value is -0.0800. The molecule has 2 fully saturated rings. The van der Waals surface area contributed by atoms with Crippen LogP contribution in [0, 0.1) is 5.92 Å². The highest BCUT2D eigenvalue weighted by Gasteiger charge is 2.46. The van der Waals surface area contributed by atoms with Gasteiger partial charge in [-0.15, -0.1) is 0 Å². The Balaban J connectivity index is 2.04. The van der Waals surface area contributed by atoms with E-state index in [0.717, 1.165) is 12.5 Å². The second kappa shape index (κ2) is 2.21. The summed E-state index contributed by atoms with van der Waals surface area (Å²) in [6.07, 6.45) is 5.48. The fraction of sp³-hybridized carbons (Fsp3) is 1.00. The largest absolute Gasteiger partial charge is 0.329 e. The van der Waals surface area contributed by atoms with Crippen molar-refractivity contribution in [2.75, 3.05) is 13.1 Å². The monoisotopic (exact) mass is 140 g/mol. The third kappa shape index (κ3) is 0.722. The summed E-state index contributed by atoms with van der Waals surface area (Å²) in [6, 6.07) is 0. The molecule has 2 aliphatic rings. The van der Waals surface area contributed by atoms with E-state index in [4.69, 9.17) is 5.73 Å². The number of nitrogens with one attached hydrogen (secondary N) is 1. The summed E-state index contributed by atoms with van der Waals surface area (Å²) in [7, 11) is 0. The second-order valence-corrected chi connectivity index (χ2v) is 3.66. The molecule has 0 aromatic carbocycles. The van der Waals surface area contributed by atoms with Crippen LogP contribution in [0.2, 0.25) is 0 Å². The van der Waals surface area contributed by atoms with Gasteiger partial charge in [-0.2, -0.15) is 0 Å². The fourth-order valence-corrected chi connectivity index (χ4v) is 2.38. The minimum atomic E-state index is 0.387. The van der Waals surface area contributed by atoms with Crippen molar-refractivity contribution < 1.29 is 0 Å². The molecule has 0 aromatic rings. The molecule has 1 saturated heterocycles. The van der Waals surface area contributed by atoms with E-state index in [-0.39, 0.29) is 0 Å². The molecular weight excluding hydrogens is 124 g/mol. The minimum absolute atomic E-state index is 0.387. The summed E-state index contributed by atoms with van der Waals surface area (Å²) >= 11 is 0. The highest BCUT2D eigenvalue weighted by Crippen LogP contribution is 2.42. The number of fused-ring (bicyclic) bond motifs is 1. The molecule has 1 aliphatic carbocycles. The van der Waals surface area contributed by atoms with Gasteiger partial charge in [0.1, 0.15) is 0 Å². The summed E-state index contributed by atoms with van der Waals surface area (Å²) in [4.78, 5) is 0. The van der Waals surface area contributed by atoms with E-state index in [2.05, 4.69) is 5.32 Å². The smallest absolute Gasteiger partial charge is 0.0332 e. The van der Waals surface area contributed by atoms with Gasteiger partial charge in [-0.05, 0) is 38.1 Å². The lowest BCUT2D eigenvalue weighted by Crippen LogP contribution is -2.65. The lowest BCUT2D eigenvalue weighted by atomic mass is 9.63. The predicted octanol–water partition coefficient (Wildman–Crippen LogP) is 0.477. The molecule has 0 amide bonds. The standard InChI is InChI=1S/C8H16N2/c9-6-8-4-3-7(8)2-1-5-10-8/h7,10H,1-6,9H2/t7-,8-/m1/s1. The van der Waals surface area contributed by atoms with Crippen LogP contribution in [-0.4, -0.2) is 18.6 Å². The van der Waals surface area contributed by atoms with Crippen molar-refractivity contribution in [1.82, 2.24) is 5.32 Å². The molecule has 0 unspecified atom stereocenters. The zero-order valence-electron chi connectivity index (χ0n) is 6.40. The summed E-state index contributed by atoms with van der Waals surface area (Å²) in [5, 5.41) is 3.56. The molecule has 1 heterocycles. The molecule has 3 N–H and O–H groups in total. The van der Waals surface area contributed by atoms with Gasteiger partial charge in [0.05, 0.1) is 0 Å². The minimum Gasteiger partial charge on any atom is -0.329 e. The van der Waals surface area contributed by atoms with Crippen LogP contribution in [0.1, 0.15) is 25.7 Å². The number of rotatable bonds is 1. The summed E-state index contributed by atoms with van der Waals surface area (Å²) < 4.78 is 0. The van der Waals surface area contributed by atoms with Gasteiger partial charge in [-0.1, -0.05) is 0 Å². The van der Waals surface area contributed by atoms with Gasteiger partial charge in [0, 0.05) is 12.1 Å². The maximum Gasteiger partial charge on any atom is 0.0332 e. The van der Waals surface area contributed by atoms with Crippen molar-refractivity contribution in [1.29, 1.82) is 0 Å². The fourth-order valence-electron chi connectivity index (χ4n) is 2.38. The lowest BCUT2D eigenvalue weighted by molar-refractivity contribution is 0.0550. The zero-order valence-corrected chi connectivity index (χ0v) is 6.40. The second-order valence-electron chi connectivity index (χ2n) is 3.66. The number of hydrogen-bond donors (Lipinski definition) is 2. The number of hydrogen-bond acceptors (Lipinski definition) is 2. The van der Waals surface area contributed by atoms with Crippen LogP contribution in [-0.2, 0) is 0 Å². The summed E-state index contributed by atoms with van der Waals surface area (Å²) in [5.74, 6) is 0.909. The van der Waals surface area contributed by atoms with E-state index < -0.39 is 0 Å². The number of nitrogens with two attached hydrogens (primary N) is 1. The third-order valence-corrected chi connectivity index (χ3v) is 3.29. The average molecular weight is 140 g/mol. The molecule has 2 heteroatoms. The van der Waals surface area contributed by atoms with Crippen LogP contribution in [0.4, 0.5) is 0 Å². The van der Waals surface area contributed by atoms with Crippen molar-refractivity contribution in [2.45, 2.75) is 31.2 Å². The first-order chi connectivity index (χ1) is 4.87. The van der Waals surface area contributed by atoms with E-state index in [1.165, 1.54) is 32.2 Å². The van der Waals surface area contributed by atoms with Crippen molar-refractivity contribution in [3.63, 3.8) is 0 Å². The predicted molar refractivity (Wildman–Crippen MR) is 41.7 cm³/mol. The van der Waals surface area contributed by atoms with Crippen LogP contribution < -0.4 is 11.1 Å². The Labute approximate surface area is 62.2 Å². The van der Waals surface area contributed by atoms with Gasteiger partial charge >= 0.3 is 0 Å². The highest BCUT2D eigenvalue weighted by molar-refractivity contribution is 5.05. The van der Waals surface area contributed by atoms with Gasteiger partial charge in [0.15, 0.2) is 0 Å².